The van der Waals surface area contributed by atoms with Gasteiger partial charge in [0.1, 0.15) is 5.54 Å². The van der Waals surface area contributed by atoms with E-state index in [9.17, 15) is 0 Å². The Balaban J connectivity index is 3.00. The molecule has 0 bridgehead atoms. The molecule has 0 aliphatic heterocycles. The van der Waals surface area contributed by atoms with E-state index in [0.29, 0.717) is 5.82 Å². The van der Waals surface area contributed by atoms with Gasteiger partial charge in [0.15, 0.2) is 5.82 Å². The van der Waals surface area contributed by atoms with Gasteiger partial charge in [-0.05, 0) is 32.9 Å². The van der Waals surface area contributed by atoms with E-state index < -0.39 is 5.54 Å². The summed E-state index contributed by atoms with van der Waals surface area (Å²) >= 11 is 0. The number of aliphatic hydroxyl groups is 1. The third kappa shape index (κ3) is 2.08. The van der Waals surface area contributed by atoms with E-state index >= 15 is 0 Å². The van der Waals surface area contributed by atoms with E-state index in [1.54, 1.807) is 6.92 Å². The van der Waals surface area contributed by atoms with Gasteiger partial charge in [-0.3, -0.25) is 0 Å². The van der Waals surface area contributed by atoms with Crippen LogP contribution in [-0.2, 0) is 11.1 Å². The van der Waals surface area contributed by atoms with E-state index in [4.69, 9.17) is 10.8 Å². The number of nitrogens with two attached hydrogens (primary N) is 1. The molecule has 1 unspecified atom stereocenters. The van der Waals surface area contributed by atoms with Crippen LogP contribution in [0.5, 0.6) is 0 Å². The average Bonchev–Trinajstić information content (AvgIpc) is 2.51. The molecular formula is C8H17N5O. The van der Waals surface area contributed by atoms with Crippen LogP contribution in [0.2, 0.25) is 0 Å². The number of rotatable bonds is 2. The minimum absolute atomic E-state index is 0.206. The summed E-state index contributed by atoms with van der Waals surface area (Å²) in [6.07, 6.45) is 0. The van der Waals surface area contributed by atoms with Gasteiger partial charge in [-0.2, -0.15) is 4.80 Å². The Bertz CT molecular complexity index is 312. The van der Waals surface area contributed by atoms with Crippen LogP contribution < -0.4 is 5.73 Å². The summed E-state index contributed by atoms with van der Waals surface area (Å²) in [6.45, 7) is 7.35. The van der Waals surface area contributed by atoms with Crippen molar-refractivity contribution in [2.75, 3.05) is 6.61 Å². The molecule has 1 aromatic rings. The molecule has 1 rings (SSSR count). The fourth-order valence-corrected chi connectivity index (χ4v) is 0.798. The Labute approximate surface area is 83.1 Å². The van der Waals surface area contributed by atoms with Crippen molar-refractivity contribution < 1.29 is 5.11 Å². The average molecular weight is 199 g/mol. The highest BCUT2D eigenvalue weighted by atomic mass is 16.3. The maximum absolute atomic E-state index is 9.02. The van der Waals surface area contributed by atoms with Gasteiger partial charge in [-0.25, -0.2) is 0 Å². The highest BCUT2D eigenvalue weighted by Crippen LogP contribution is 2.14. The highest BCUT2D eigenvalue weighted by Gasteiger charge is 2.27. The second-order valence-corrected chi connectivity index (χ2v) is 4.65. The van der Waals surface area contributed by atoms with Crippen molar-refractivity contribution in [3.8, 4) is 0 Å². The molecule has 0 fully saturated rings. The van der Waals surface area contributed by atoms with Crippen LogP contribution in [0, 0.1) is 0 Å². The zero-order chi connectivity index (χ0) is 11.0. The van der Waals surface area contributed by atoms with Crippen molar-refractivity contribution in [1.82, 2.24) is 20.2 Å². The Hall–Kier alpha value is -1.01. The second-order valence-electron chi connectivity index (χ2n) is 4.65. The Morgan fingerprint density at radius 3 is 2.29 bits per heavy atom. The first-order chi connectivity index (χ1) is 6.27. The fraction of sp³-hybridized carbons (Fsp3) is 0.875. The third-order valence-corrected chi connectivity index (χ3v) is 1.85. The molecule has 0 aliphatic carbocycles. The largest absolute Gasteiger partial charge is 0.394 e. The third-order valence-electron chi connectivity index (χ3n) is 1.85. The standard InChI is InChI=1S/C8H17N5O/c1-7(2,3)13-11-6(10-12-13)8(4,9)5-14/h14H,5,9H2,1-4H3. The number of nitrogens with zero attached hydrogens (tertiary/aromatic N) is 4. The summed E-state index contributed by atoms with van der Waals surface area (Å²) in [4.78, 5) is 1.49. The fourth-order valence-electron chi connectivity index (χ4n) is 0.798. The number of hydrogen-bond acceptors (Lipinski definition) is 5. The molecule has 6 nitrogen and oxygen atoms in total. The molecule has 6 heteroatoms. The summed E-state index contributed by atoms with van der Waals surface area (Å²) in [7, 11) is 0. The summed E-state index contributed by atoms with van der Waals surface area (Å²) < 4.78 is 0. The van der Waals surface area contributed by atoms with Crippen LogP contribution in [0.4, 0.5) is 0 Å². The van der Waals surface area contributed by atoms with E-state index in [1.807, 2.05) is 20.8 Å². The molecule has 0 aromatic carbocycles. The summed E-state index contributed by atoms with van der Waals surface area (Å²) in [5.41, 5.74) is 4.61. The van der Waals surface area contributed by atoms with Crippen molar-refractivity contribution >= 4 is 0 Å². The monoisotopic (exact) mass is 199 g/mol. The SMILES string of the molecule is CC(N)(CO)c1nnn(C(C)(C)C)n1. The molecule has 0 saturated heterocycles. The molecule has 0 spiro atoms. The van der Waals surface area contributed by atoms with Crippen molar-refractivity contribution in [3.63, 3.8) is 0 Å². The van der Waals surface area contributed by atoms with Crippen LogP contribution in [0.25, 0.3) is 0 Å². The predicted octanol–water partition coefficient (Wildman–Crippen LogP) is -0.406. The van der Waals surface area contributed by atoms with E-state index in [-0.39, 0.29) is 12.1 Å². The predicted molar refractivity (Wildman–Crippen MR) is 51.4 cm³/mol. The van der Waals surface area contributed by atoms with Crippen LogP contribution in [-0.4, -0.2) is 31.9 Å². The molecule has 1 atom stereocenters. The Morgan fingerprint density at radius 1 is 1.36 bits per heavy atom. The smallest absolute Gasteiger partial charge is 0.196 e. The van der Waals surface area contributed by atoms with Crippen molar-refractivity contribution in [2.45, 2.75) is 38.8 Å². The Morgan fingerprint density at radius 2 is 1.93 bits per heavy atom. The Kier molecular flexibility index (Phi) is 2.60. The van der Waals surface area contributed by atoms with Gasteiger partial charge in [0, 0.05) is 0 Å². The molecule has 0 radical (unpaired) electrons. The molecule has 0 saturated carbocycles. The number of hydrogen-bond donors (Lipinski definition) is 2. The van der Waals surface area contributed by atoms with Crippen molar-refractivity contribution in [1.29, 1.82) is 0 Å². The first-order valence-corrected chi connectivity index (χ1v) is 4.48. The number of tetrazole rings is 1. The molecule has 0 amide bonds. The van der Waals surface area contributed by atoms with Crippen LogP contribution in [0.1, 0.15) is 33.5 Å². The van der Waals surface area contributed by atoms with Gasteiger partial charge in [0.05, 0.1) is 12.1 Å². The minimum Gasteiger partial charge on any atom is -0.394 e. The normalized spacial score (nSPS) is 16.7. The molecule has 1 aromatic heterocycles. The lowest BCUT2D eigenvalue weighted by Gasteiger charge is -2.18. The molecule has 14 heavy (non-hydrogen) atoms. The zero-order valence-electron chi connectivity index (χ0n) is 9.02. The lowest BCUT2D eigenvalue weighted by atomic mass is 10.1. The van der Waals surface area contributed by atoms with Crippen LogP contribution in [0.3, 0.4) is 0 Å². The highest BCUT2D eigenvalue weighted by molar-refractivity contribution is 4.98. The molecule has 0 aliphatic rings. The van der Waals surface area contributed by atoms with Gasteiger partial charge >= 0.3 is 0 Å². The maximum atomic E-state index is 9.02. The maximum Gasteiger partial charge on any atom is 0.196 e. The first-order valence-electron chi connectivity index (χ1n) is 4.48. The van der Waals surface area contributed by atoms with Gasteiger partial charge in [0.25, 0.3) is 0 Å². The van der Waals surface area contributed by atoms with Gasteiger partial charge in [-0.15, -0.1) is 10.2 Å². The van der Waals surface area contributed by atoms with Gasteiger partial charge < -0.3 is 10.8 Å². The quantitative estimate of drug-likeness (QED) is 0.676. The summed E-state index contributed by atoms with van der Waals surface area (Å²) in [5.74, 6) is 0.356. The van der Waals surface area contributed by atoms with Crippen LogP contribution in [0.15, 0.2) is 0 Å². The van der Waals surface area contributed by atoms with Crippen molar-refractivity contribution in [3.05, 3.63) is 5.82 Å². The van der Waals surface area contributed by atoms with E-state index in [1.165, 1.54) is 4.80 Å². The lowest BCUT2D eigenvalue weighted by molar-refractivity contribution is 0.201. The van der Waals surface area contributed by atoms with E-state index in [2.05, 4.69) is 15.4 Å². The van der Waals surface area contributed by atoms with E-state index in [0.717, 1.165) is 0 Å². The van der Waals surface area contributed by atoms with Gasteiger partial charge in [0.2, 0.25) is 0 Å². The minimum atomic E-state index is -0.927. The molecule has 3 N–H and O–H groups in total. The zero-order valence-corrected chi connectivity index (χ0v) is 9.02. The summed E-state index contributed by atoms with van der Waals surface area (Å²) in [6, 6.07) is 0. The lowest BCUT2D eigenvalue weighted by Crippen LogP contribution is -2.38. The topological polar surface area (TPSA) is 89.9 Å². The van der Waals surface area contributed by atoms with Crippen molar-refractivity contribution in [2.24, 2.45) is 5.73 Å². The molecular weight excluding hydrogens is 182 g/mol. The van der Waals surface area contributed by atoms with Crippen LogP contribution >= 0.6 is 0 Å². The van der Waals surface area contributed by atoms with Gasteiger partial charge in [-0.1, -0.05) is 0 Å². The molecule has 1 heterocycles. The molecule has 80 valence electrons. The second kappa shape index (κ2) is 3.29. The summed E-state index contributed by atoms with van der Waals surface area (Å²) in [5, 5.41) is 20.9. The number of aromatic nitrogens is 4. The first kappa shape index (κ1) is 11.1. The number of aliphatic hydroxyl groups excluding tert-OH is 1.